The summed E-state index contributed by atoms with van der Waals surface area (Å²) in [5.41, 5.74) is 2.61. The Balaban J connectivity index is 2.53. The van der Waals surface area contributed by atoms with Gasteiger partial charge in [-0.15, -0.1) is 0 Å². The maximum Gasteiger partial charge on any atom is 0.217 e. The normalized spacial score (nSPS) is 12.5. The van der Waals surface area contributed by atoms with E-state index in [1.165, 1.54) is 0 Å². The van der Waals surface area contributed by atoms with Gasteiger partial charge in [-0.2, -0.15) is 9.40 Å². The molecule has 0 N–H and O–H groups in total. The van der Waals surface area contributed by atoms with Crippen molar-refractivity contribution in [3.63, 3.8) is 0 Å². The summed E-state index contributed by atoms with van der Waals surface area (Å²) in [5.74, 6) is 0. The van der Waals surface area contributed by atoms with E-state index in [1.54, 1.807) is 21.1 Å². The van der Waals surface area contributed by atoms with Crippen molar-refractivity contribution >= 4 is 56.2 Å². The van der Waals surface area contributed by atoms with Crippen LogP contribution in [0.1, 0.15) is 18.3 Å². The molecule has 0 spiro atoms. The Hall–Kier alpha value is -0.400. The van der Waals surface area contributed by atoms with Crippen molar-refractivity contribution in [3.8, 4) is 0 Å². The van der Waals surface area contributed by atoms with Gasteiger partial charge >= 0.3 is 0 Å². The Morgan fingerprint density at radius 2 is 1.86 bits per heavy atom. The summed E-state index contributed by atoms with van der Waals surface area (Å²) in [6, 6.07) is 3.38. The number of hydrogen-bond donors (Lipinski definition) is 0. The molecule has 22 heavy (non-hydrogen) atoms. The smallest absolute Gasteiger partial charge is 0.217 e. The molecule has 4 nitrogen and oxygen atoms in total. The summed E-state index contributed by atoms with van der Waals surface area (Å²) >= 11 is 14.3. The van der Waals surface area contributed by atoms with Gasteiger partial charge in [0.25, 0.3) is 0 Å². The molecular formula is C14H16BrCl2N3OS. The molecule has 1 atom stereocenters. The molecule has 120 valence electrons. The molecule has 0 fully saturated rings. The zero-order valence-corrected chi connectivity index (χ0v) is 16.6. The van der Waals surface area contributed by atoms with E-state index in [2.05, 4.69) is 21.0 Å². The predicted molar refractivity (Wildman–Crippen MR) is 96.3 cm³/mol. The first-order valence-corrected chi connectivity index (χ1v) is 9.27. The van der Waals surface area contributed by atoms with E-state index >= 15 is 0 Å². The van der Waals surface area contributed by atoms with Crippen molar-refractivity contribution in [3.05, 3.63) is 38.0 Å². The second-order valence-electron chi connectivity index (χ2n) is 4.79. The van der Waals surface area contributed by atoms with E-state index in [0.29, 0.717) is 21.5 Å². The number of nitrogens with zero attached hydrogens (tertiary/aromatic N) is 3. The molecule has 0 radical (unpaired) electrons. The van der Waals surface area contributed by atoms with E-state index in [1.807, 2.05) is 27.8 Å². The standard InChI is InChI=1S/C14H16BrCl2N3OS/c1-5-20(13-8(2)18-19(4)9(13)3)22(21)14-11(16)6-10(15)7-12(14)17/h6-7H,5H2,1-4H3. The van der Waals surface area contributed by atoms with Gasteiger partial charge in [-0.1, -0.05) is 39.1 Å². The molecule has 1 heterocycles. The molecular weight excluding hydrogens is 409 g/mol. The Morgan fingerprint density at radius 3 is 2.27 bits per heavy atom. The fraction of sp³-hybridized carbons (Fsp3) is 0.357. The number of benzene rings is 1. The average Bonchev–Trinajstić information content (AvgIpc) is 2.65. The van der Waals surface area contributed by atoms with Crippen molar-refractivity contribution < 1.29 is 4.55 Å². The summed E-state index contributed by atoms with van der Waals surface area (Å²) in [6.45, 7) is 6.32. The lowest BCUT2D eigenvalue weighted by Crippen LogP contribution is -2.32. The van der Waals surface area contributed by atoms with Crippen LogP contribution in [0.5, 0.6) is 0 Å². The SMILES string of the molecule is CCN(c1c(C)nn(C)c1C)[S+]([O-])c1c(Cl)cc(Br)cc1Cl. The molecule has 1 unspecified atom stereocenters. The van der Waals surface area contributed by atoms with Crippen molar-refractivity contribution in [1.29, 1.82) is 0 Å². The number of aryl methyl sites for hydroxylation is 2. The molecule has 0 amide bonds. The van der Waals surface area contributed by atoms with Gasteiger partial charge in [-0.3, -0.25) is 4.68 Å². The van der Waals surface area contributed by atoms with Crippen LogP contribution in [0.25, 0.3) is 0 Å². The van der Waals surface area contributed by atoms with Crippen LogP contribution in [0.15, 0.2) is 21.5 Å². The molecule has 0 aliphatic rings. The number of anilines is 1. The third-order valence-electron chi connectivity index (χ3n) is 3.35. The molecule has 2 rings (SSSR count). The maximum atomic E-state index is 13.1. The van der Waals surface area contributed by atoms with Gasteiger partial charge in [0.05, 0.1) is 17.9 Å². The van der Waals surface area contributed by atoms with Crippen LogP contribution in [0.2, 0.25) is 10.0 Å². The van der Waals surface area contributed by atoms with E-state index in [4.69, 9.17) is 23.2 Å². The first-order chi connectivity index (χ1) is 10.3. The highest BCUT2D eigenvalue weighted by Crippen LogP contribution is 2.37. The highest BCUT2D eigenvalue weighted by Gasteiger charge is 2.31. The molecule has 8 heteroatoms. The molecule has 1 aromatic carbocycles. The minimum Gasteiger partial charge on any atom is -0.588 e. The Kier molecular flexibility index (Phi) is 5.72. The van der Waals surface area contributed by atoms with Gasteiger partial charge in [0, 0.05) is 11.5 Å². The van der Waals surface area contributed by atoms with Crippen LogP contribution in [0.3, 0.4) is 0 Å². The molecule has 0 bridgehead atoms. The quantitative estimate of drug-likeness (QED) is 0.670. The van der Waals surface area contributed by atoms with Gasteiger partial charge < -0.3 is 4.55 Å². The van der Waals surface area contributed by atoms with Gasteiger partial charge in [0.2, 0.25) is 4.90 Å². The highest BCUT2D eigenvalue weighted by atomic mass is 79.9. The van der Waals surface area contributed by atoms with Gasteiger partial charge in [-0.05, 0) is 32.9 Å². The monoisotopic (exact) mass is 423 g/mol. The van der Waals surface area contributed by atoms with Gasteiger partial charge in [0.15, 0.2) is 0 Å². The van der Waals surface area contributed by atoms with Gasteiger partial charge in [0.1, 0.15) is 27.1 Å². The van der Waals surface area contributed by atoms with Crippen molar-refractivity contribution in [2.24, 2.45) is 7.05 Å². The molecule has 0 saturated heterocycles. The molecule has 0 saturated carbocycles. The summed E-state index contributed by atoms with van der Waals surface area (Å²) in [6.07, 6.45) is 0. The lowest BCUT2D eigenvalue weighted by molar-refractivity contribution is 0.590. The third-order valence-corrected chi connectivity index (χ3v) is 6.25. The second-order valence-corrected chi connectivity index (χ2v) is 7.86. The Morgan fingerprint density at radius 1 is 1.32 bits per heavy atom. The Bertz CT molecular complexity index is 685. The summed E-state index contributed by atoms with van der Waals surface area (Å²) in [4.78, 5) is 0.413. The average molecular weight is 425 g/mol. The zero-order chi connectivity index (χ0) is 16.6. The van der Waals surface area contributed by atoms with Crippen LogP contribution in [-0.2, 0) is 18.4 Å². The lowest BCUT2D eigenvalue weighted by Gasteiger charge is -2.25. The van der Waals surface area contributed by atoms with Crippen molar-refractivity contribution in [1.82, 2.24) is 9.78 Å². The van der Waals surface area contributed by atoms with Gasteiger partial charge in [-0.25, -0.2) is 0 Å². The molecule has 1 aromatic heterocycles. The highest BCUT2D eigenvalue weighted by molar-refractivity contribution is 9.10. The van der Waals surface area contributed by atoms with E-state index in [-0.39, 0.29) is 0 Å². The zero-order valence-electron chi connectivity index (χ0n) is 12.7. The van der Waals surface area contributed by atoms with Crippen LogP contribution in [0.4, 0.5) is 5.69 Å². The number of halogens is 3. The fourth-order valence-corrected chi connectivity index (χ4v) is 5.23. The topological polar surface area (TPSA) is 44.1 Å². The van der Waals surface area contributed by atoms with E-state index < -0.39 is 11.4 Å². The lowest BCUT2D eigenvalue weighted by atomic mass is 10.3. The predicted octanol–water partition coefficient (Wildman–Crippen LogP) is 4.66. The van der Waals surface area contributed by atoms with E-state index in [0.717, 1.165) is 21.5 Å². The minimum absolute atomic E-state index is 0.371. The first kappa shape index (κ1) is 17.9. The number of aromatic nitrogens is 2. The van der Waals surface area contributed by atoms with Crippen molar-refractivity contribution in [2.45, 2.75) is 25.7 Å². The second kappa shape index (κ2) is 7.01. The number of hydrogen-bond acceptors (Lipinski definition) is 3. The molecule has 0 aliphatic carbocycles. The largest absolute Gasteiger partial charge is 0.588 e. The van der Waals surface area contributed by atoms with Crippen LogP contribution in [-0.4, -0.2) is 20.9 Å². The van der Waals surface area contributed by atoms with Crippen LogP contribution in [0, 0.1) is 13.8 Å². The molecule has 2 aromatic rings. The van der Waals surface area contributed by atoms with Crippen LogP contribution >= 0.6 is 39.1 Å². The summed E-state index contributed by atoms with van der Waals surface area (Å²) < 4.78 is 17.3. The third kappa shape index (κ3) is 3.26. The molecule has 0 aliphatic heterocycles. The fourth-order valence-electron chi connectivity index (χ4n) is 2.29. The maximum absolute atomic E-state index is 13.1. The van der Waals surface area contributed by atoms with Crippen molar-refractivity contribution in [2.75, 3.05) is 10.8 Å². The first-order valence-electron chi connectivity index (χ1n) is 6.62. The van der Waals surface area contributed by atoms with Crippen LogP contribution < -0.4 is 4.31 Å². The summed E-state index contributed by atoms with van der Waals surface area (Å²) in [5, 5.41) is 5.12. The number of rotatable bonds is 4. The van der Waals surface area contributed by atoms with E-state index in [9.17, 15) is 4.55 Å². The summed E-state index contributed by atoms with van der Waals surface area (Å²) in [7, 11) is 1.86. The Labute approximate surface area is 151 Å². The minimum atomic E-state index is -1.52.